The van der Waals surface area contributed by atoms with Gasteiger partial charge in [0.15, 0.2) is 0 Å². The van der Waals surface area contributed by atoms with E-state index in [0.717, 1.165) is 19.1 Å². The fraction of sp³-hybridized carbons (Fsp3) is 0.846. The van der Waals surface area contributed by atoms with Crippen LogP contribution in [0.2, 0.25) is 0 Å². The molecule has 1 aliphatic heterocycles. The van der Waals surface area contributed by atoms with Crippen molar-refractivity contribution < 1.29 is 4.79 Å². The summed E-state index contributed by atoms with van der Waals surface area (Å²) < 4.78 is 0. The zero-order valence-corrected chi connectivity index (χ0v) is 10.5. The van der Waals surface area contributed by atoms with E-state index in [1.165, 1.54) is 0 Å². The van der Waals surface area contributed by atoms with Crippen LogP contribution in [0.15, 0.2) is 0 Å². The van der Waals surface area contributed by atoms with Crippen LogP contribution in [0.3, 0.4) is 0 Å². The SMILES string of the molecule is [CH2]C(CC=O)C1CC(C)(C)NC(C)(C)C1. The standard InChI is InChI=1S/C13H24NO/c1-10(6-7-15)11-8-12(2,3)14-13(4,5)9-11/h7,10-11,14H,1,6,8-9H2,2-5H3. The smallest absolute Gasteiger partial charge is 0.120 e. The molecule has 1 aliphatic rings. The minimum absolute atomic E-state index is 0.158. The molecule has 2 heteroatoms. The predicted molar refractivity (Wildman–Crippen MR) is 63.5 cm³/mol. The third kappa shape index (κ3) is 3.60. The first-order valence-corrected chi connectivity index (χ1v) is 5.82. The van der Waals surface area contributed by atoms with Crippen molar-refractivity contribution in [2.75, 3.05) is 0 Å². The Morgan fingerprint density at radius 1 is 1.33 bits per heavy atom. The van der Waals surface area contributed by atoms with Crippen LogP contribution in [0.1, 0.15) is 47.0 Å². The molecule has 1 fully saturated rings. The highest BCUT2D eigenvalue weighted by Gasteiger charge is 2.39. The summed E-state index contributed by atoms with van der Waals surface area (Å²) in [6.45, 7) is 13.0. The van der Waals surface area contributed by atoms with Crippen LogP contribution in [0.4, 0.5) is 0 Å². The first kappa shape index (κ1) is 12.7. The molecule has 1 N–H and O–H groups in total. The van der Waals surface area contributed by atoms with Crippen molar-refractivity contribution in [3.8, 4) is 0 Å². The lowest BCUT2D eigenvalue weighted by Crippen LogP contribution is -2.58. The van der Waals surface area contributed by atoms with E-state index in [1.807, 2.05) is 0 Å². The molecular weight excluding hydrogens is 186 g/mol. The molecule has 0 spiro atoms. The Morgan fingerprint density at radius 2 is 1.80 bits per heavy atom. The van der Waals surface area contributed by atoms with Gasteiger partial charge in [-0.3, -0.25) is 0 Å². The van der Waals surface area contributed by atoms with Gasteiger partial charge in [0, 0.05) is 17.5 Å². The lowest BCUT2D eigenvalue weighted by molar-refractivity contribution is -0.108. The summed E-state index contributed by atoms with van der Waals surface area (Å²) in [4.78, 5) is 10.5. The van der Waals surface area contributed by atoms with Gasteiger partial charge < -0.3 is 10.1 Å². The van der Waals surface area contributed by atoms with E-state index in [9.17, 15) is 4.79 Å². The Kier molecular flexibility index (Phi) is 3.59. The quantitative estimate of drug-likeness (QED) is 0.725. The molecule has 0 bridgehead atoms. The number of aldehydes is 1. The average Bonchev–Trinajstić information content (AvgIpc) is 1.98. The summed E-state index contributed by atoms with van der Waals surface area (Å²) in [5.74, 6) is 0.824. The molecule has 0 aliphatic carbocycles. The Bertz CT molecular complexity index is 217. The maximum atomic E-state index is 10.5. The van der Waals surface area contributed by atoms with Crippen LogP contribution in [-0.4, -0.2) is 17.4 Å². The van der Waals surface area contributed by atoms with Crippen molar-refractivity contribution in [3.63, 3.8) is 0 Å². The summed E-state index contributed by atoms with van der Waals surface area (Å²) in [5.41, 5.74) is 0.316. The highest BCUT2D eigenvalue weighted by molar-refractivity contribution is 5.50. The molecule has 0 saturated carbocycles. The average molecular weight is 210 g/mol. The third-order valence-corrected chi connectivity index (χ3v) is 3.29. The van der Waals surface area contributed by atoms with E-state index in [2.05, 4.69) is 39.9 Å². The topological polar surface area (TPSA) is 29.1 Å². The zero-order valence-electron chi connectivity index (χ0n) is 10.5. The number of rotatable bonds is 3. The minimum atomic E-state index is 0.158. The number of hydrogen-bond donors (Lipinski definition) is 1. The number of piperidine rings is 1. The second kappa shape index (κ2) is 4.25. The molecule has 1 heterocycles. The van der Waals surface area contributed by atoms with Crippen molar-refractivity contribution in [1.82, 2.24) is 5.32 Å². The van der Waals surface area contributed by atoms with Gasteiger partial charge >= 0.3 is 0 Å². The molecule has 0 aromatic heterocycles. The highest BCUT2D eigenvalue weighted by Crippen LogP contribution is 2.37. The molecule has 0 amide bonds. The van der Waals surface area contributed by atoms with E-state index in [4.69, 9.17) is 0 Å². The number of hydrogen-bond acceptors (Lipinski definition) is 2. The van der Waals surface area contributed by atoms with Crippen molar-refractivity contribution in [3.05, 3.63) is 6.92 Å². The second-order valence-electron chi connectivity index (χ2n) is 6.22. The van der Waals surface area contributed by atoms with E-state index in [-0.39, 0.29) is 17.0 Å². The molecule has 1 atom stereocenters. The van der Waals surface area contributed by atoms with Crippen molar-refractivity contribution in [1.29, 1.82) is 0 Å². The number of carbonyl (C=O) groups excluding carboxylic acids is 1. The maximum absolute atomic E-state index is 10.5. The van der Waals surface area contributed by atoms with Gasteiger partial charge in [-0.2, -0.15) is 0 Å². The molecule has 0 aromatic carbocycles. The molecule has 87 valence electrons. The van der Waals surface area contributed by atoms with E-state index < -0.39 is 0 Å². The van der Waals surface area contributed by atoms with Crippen LogP contribution in [0.25, 0.3) is 0 Å². The van der Waals surface area contributed by atoms with E-state index >= 15 is 0 Å². The van der Waals surface area contributed by atoms with Gasteiger partial charge in [-0.25, -0.2) is 0 Å². The van der Waals surface area contributed by atoms with Crippen molar-refractivity contribution >= 4 is 6.29 Å². The van der Waals surface area contributed by atoms with E-state index in [1.54, 1.807) is 0 Å². The molecule has 1 rings (SSSR count). The largest absolute Gasteiger partial charge is 0.307 e. The van der Waals surface area contributed by atoms with Crippen LogP contribution in [-0.2, 0) is 4.79 Å². The number of carbonyl (C=O) groups is 1. The summed E-state index contributed by atoms with van der Waals surface area (Å²) in [6.07, 6.45) is 3.81. The van der Waals surface area contributed by atoms with Gasteiger partial charge in [-0.15, -0.1) is 0 Å². The fourth-order valence-corrected chi connectivity index (χ4v) is 3.05. The Labute approximate surface area is 93.8 Å². The molecular formula is C13H24NO. The zero-order chi connectivity index (χ0) is 11.7. The summed E-state index contributed by atoms with van der Waals surface area (Å²) in [6, 6.07) is 0. The Balaban J connectivity index is 2.70. The number of nitrogens with one attached hydrogen (secondary N) is 1. The summed E-state index contributed by atoms with van der Waals surface area (Å²) >= 11 is 0. The molecule has 0 aromatic rings. The van der Waals surface area contributed by atoms with Gasteiger partial charge in [-0.1, -0.05) is 0 Å². The Hall–Kier alpha value is -0.370. The fourth-order valence-electron chi connectivity index (χ4n) is 3.05. The first-order valence-electron chi connectivity index (χ1n) is 5.82. The normalized spacial score (nSPS) is 27.3. The second-order valence-corrected chi connectivity index (χ2v) is 6.22. The van der Waals surface area contributed by atoms with Crippen LogP contribution < -0.4 is 5.32 Å². The molecule has 1 unspecified atom stereocenters. The van der Waals surface area contributed by atoms with Crippen LogP contribution in [0, 0.1) is 18.8 Å². The van der Waals surface area contributed by atoms with Crippen LogP contribution >= 0.6 is 0 Å². The predicted octanol–water partition coefficient (Wildman–Crippen LogP) is 2.58. The summed E-state index contributed by atoms with van der Waals surface area (Å²) in [7, 11) is 0. The summed E-state index contributed by atoms with van der Waals surface area (Å²) in [5, 5.41) is 3.64. The highest BCUT2D eigenvalue weighted by atomic mass is 16.1. The molecule has 2 nitrogen and oxygen atoms in total. The van der Waals surface area contributed by atoms with E-state index in [0.29, 0.717) is 12.3 Å². The lowest BCUT2D eigenvalue weighted by atomic mass is 9.71. The van der Waals surface area contributed by atoms with Gasteiger partial charge in [-0.05, 0) is 59.3 Å². The van der Waals surface area contributed by atoms with Gasteiger partial charge in [0.25, 0.3) is 0 Å². The molecule has 1 saturated heterocycles. The Morgan fingerprint density at radius 3 is 2.20 bits per heavy atom. The van der Waals surface area contributed by atoms with Crippen molar-refractivity contribution in [2.24, 2.45) is 11.8 Å². The molecule has 1 radical (unpaired) electrons. The monoisotopic (exact) mass is 210 g/mol. The molecule has 15 heavy (non-hydrogen) atoms. The van der Waals surface area contributed by atoms with Crippen molar-refractivity contribution in [2.45, 2.75) is 58.0 Å². The van der Waals surface area contributed by atoms with Gasteiger partial charge in [0.2, 0.25) is 0 Å². The maximum Gasteiger partial charge on any atom is 0.120 e. The van der Waals surface area contributed by atoms with Crippen LogP contribution in [0.5, 0.6) is 0 Å². The van der Waals surface area contributed by atoms with Gasteiger partial charge in [0.1, 0.15) is 6.29 Å². The minimum Gasteiger partial charge on any atom is -0.307 e. The lowest BCUT2D eigenvalue weighted by Gasteiger charge is -2.48. The third-order valence-electron chi connectivity index (χ3n) is 3.29. The van der Waals surface area contributed by atoms with Gasteiger partial charge in [0.05, 0.1) is 0 Å². The first-order chi connectivity index (χ1) is 6.76.